The Morgan fingerprint density at radius 2 is 2.29 bits per heavy atom. The number of hydrogen-bond acceptors (Lipinski definition) is 5. The zero-order valence-electron chi connectivity index (χ0n) is 9.56. The van der Waals surface area contributed by atoms with Crippen molar-refractivity contribution in [2.24, 2.45) is 0 Å². The first-order chi connectivity index (χ1) is 8.43. The fourth-order valence-corrected chi connectivity index (χ4v) is 2.17. The van der Waals surface area contributed by atoms with E-state index in [0.717, 1.165) is 29.9 Å². The maximum atomic E-state index is 4.34. The van der Waals surface area contributed by atoms with Crippen LogP contribution >= 0.6 is 0 Å². The number of nitrogens with zero attached hydrogens (tertiary/aromatic N) is 3. The van der Waals surface area contributed by atoms with E-state index in [4.69, 9.17) is 0 Å². The maximum Gasteiger partial charge on any atom is 0.156 e. The van der Waals surface area contributed by atoms with Crippen molar-refractivity contribution in [3.8, 4) is 0 Å². The van der Waals surface area contributed by atoms with Gasteiger partial charge in [0.2, 0.25) is 0 Å². The minimum Gasteiger partial charge on any atom is -0.364 e. The molecule has 1 aliphatic heterocycles. The largest absolute Gasteiger partial charge is 0.364 e. The zero-order chi connectivity index (χ0) is 11.5. The standard InChI is InChI=1S/C12H15N5/c1-3-9(7-13-5-1)17-12-11-10(15-8-16-12)4-2-6-14-11/h2,4,6,8-9,13H,1,3,5,7H2,(H,15,16,17). The third-order valence-corrected chi connectivity index (χ3v) is 3.03. The van der Waals surface area contributed by atoms with Crippen molar-refractivity contribution in [2.45, 2.75) is 18.9 Å². The molecular formula is C12H15N5. The van der Waals surface area contributed by atoms with E-state index in [0.29, 0.717) is 6.04 Å². The summed E-state index contributed by atoms with van der Waals surface area (Å²) in [6.45, 7) is 2.10. The molecule has 88 valence electrons. The minimum atomic E-state index is 0.434. The van der Waals surface area contributed by atoms with Crippen LogP contribution in [0, 0.1) is 0 Å². The molecule has 0 radical (unpaired) electrons. The van der Waals surface area contributed by atoms with Gasteiger partial charge in [0.15, 0.2) is 5.82 Å². The third kappa shape index (κ3) is 2.19. The molecule has 0 spiro atoms. The van der Waals surface area contributed by atoms with Gasteiger partial charge in [-0.2, -0.15) is 0 Å². The topological polar surface area (TPSA) is 62.7 Å². The smallest absolute Gasteiger partial charge is 0.156 e. The van der Waals surface area contributed by atoms with Crippen LogP contribution in [0.1, 0.15) is 12.8 Å². The number of fused-ring (bicyclic) bond motifs is 1. The molecule has 1 aliphatic rings. The van der Waals surface area contributed by atoms with Crippen molar-refractivity contribution in [3.05, 3.63) is 24.7 Å². The van der Waals surface area contributed by atoms with E-state index in [-0.39, 0.29) is 0 Å². The van der Waals surface area contributed by atoms with Gasteiger partial charge in [-0.1, -0.05) is 0 Å². The number of pyridine rings is 1. The van der Waals surface area contributed by atoms with Crippen LogP contribution in [0.3, 0.4) is 0 Å². The molecule has 1 atom stereocenters. The summed E-state index contributed by atoms with van der Waals surface area (Å²) in [5.41, 5.74) is 1.73. The van der Waals surface area contributed by atoms with Gasteiger partial charge in [0.1, 0.15) is 11.8 Å². The normalized spacial score (nSPS) is 20.4. The predicted octanol–water partition coefficient (Wildman–Crippen LogP) is 1.19. The van der Waals surface area contributed by atoms with Gasteiger partial charge < -0.3 is 10.6 Å². The molecule has 1 unspecified atom stereocenters. The third-order valence-electron chi connectivity index (χ3n) is 3.03. The van der Waals surface area contributed by atoms with Crippen LogP contribution < -0.4 is 10.6 Å². The van der Waals surface area contributed by atoms with Crippen LogP contribution in [0.4, 0.5) is 5.82 Å². The Hall–Kier alpha value is -1.75. The summed E-state index contributed by atoms with van der Waals surface area (Å²) < 4.78 is 0. The highest BCUT2D eigenvalue weighted by molar-refractivity contribution is 5.84. The van der Waals surface area contributed by atoms with E-state index in [9.17, 15) is 0 Å². The maximum absolute atomic E-state index is 4.34. The number of hydrogen-bond donors (Lipinski definition) is 2. The Balaban J connectivity index is 1.89. The van der Waals surface area contributed by atoms with Gasteiger partial charge in [-0.3, -0.25) is 4.98 Å². The monoisotopic (exact) mass is 229 g/mol. The predicted molar refractivity (Wildman–Crippen MR) is 66.8 cm³/mol. The molecule has 1 fully saturated rings. The highest BCUT2D eigenvalue weighted by Crippen LogP contribution is 2.17. The van der Waals surface area contributed by atoms with Crippen LogP contribution in [0.25, 0.3) is 11.0 Å². The Morgan fingerprint density at radius 3 is 3.18 bits per heavy atom. The lowest BCUT2D eigenvalue weighted by molar-refractivity contribution is 0.479. The first-order valence-corrected chi connectivity index (χ1v) is 5.96. The number of piperidine rings is 1. The molecule has 5 heteroatoms. The lowest BCUT2D eigenvalue weighted by Gasteiger charge is -2.24. The molecule has 2 aromatic heterocycles. The molecule has 0 amide bonds. The molecule has 2 N–H and O–H groups in total. The fraction of sp³-hybridized carbons (Fsp3) is 0.417. The van der Waals surface area contributed by atoms with Gasteiger partial charge in [-0.25, -0.2) is 9.97 Å². The van der Waals surface area contributed by atoms with E-state index < -0.39 is 0 Å². The van der Waals surface area contributed by atoms with Crippen LogP contribution in [0.2, 0.25) is 0 Å². The molecule has 2 aromatic rings. The molecule has 17 heavy (non-hydrogen) atoms. The van der Waals surface area contributed by atoms with Crippen LogP contribution in [-0.2, 0) is 0 Å². The molecule has 5 nitrogen and oxygen atoms in total. The first-order valence-electron chi connectivity index (χ1n) is 5.96. The molecule has 0 aromatic carbocycles. The summed E-state index contributed by atoms with van der Waals surface area (Å²) in [5, 5.41) is 6.82. The van der Waals surface area contributed by atoms with E-state index >= 15 is 0 Å². The number of aromatic nitrogens is 3. The van der Waals surface area contributed by atoms with Gasteiger partial charge in [0, 0.05) is 18.8 Å². The number of rotatable bonds is 2. The van der Waals surface area contributed by atoms with E-state index in [2.05, 4.69) is 25.6 Å². The molecular weight excluding hydrogens is 214 g/mol. The van der Waals surface area contributed by atoms with Gasteiger partial charge in [0.25, 0.3) is 0 Å². The second kappa shape index (κ2) is 4.63. The average Bonchev–Trinajstić information content (AvgIpc) is 2.40. The van der Waals surface area contributed by atoms with E-state index in [1.165, 1.54) is 12.8 Å². The number of anilines is 1. The highest BCUT2D eigenvalue weighted by Gasteiger charge is 2.14. The molecule has 1 saturated heterocycles. The molecule has 0 saturated carbocycles. The van der Waals surface area contributed by atoms with Crippen molar-refractivity contribution in [1.82, 2.24) is 20.3 Å². The lowest BCUT2D eigenvalue weighted by Crippen LogP contribution is -2.38. The van der Waals surface area contributed by atoms with E-state index in [1.54, 1.807) is 12.5 Å². The number of nitrogens with one attached hydrogen (secondary N) is 2. The van der Waals surface area contributed by atoms with Gasteiger partial charge >= 0.3 is 0 Å². The first kappa shape index (κ1) is 10.4. The minimum absolute atomic E-state index is 0.434. The van der Waals surface area contributed by atoms with Gasteiger partial charge in [0.05, 0.1) is 5.52 Å². The van der Waals surface area contributed by atoms with Gasteiger partial charge in [-0.05, 0) is 31.5 Å². The van der Waals surface area contributed by atoms with Crippen LogP contribution in [0.5, 0.6) is 0 Å². The summed E-state index contributed by atoms with van der Waals surface area (Å²) >= 11 is 0. The molecule has 0 bridgehead atoms. The summed E-state index contributed by atoms with van der Waals surface area (Å²) in [6, 6.07) is 4.28. The summed E-state index contributed by atoms with van der Waals surface area (Å²) in [4.78, 5) is 12.8. The average molecular weight is 229 g/mol. The summed E-state index contributed by atoms with van der Waals surface area (Å²) in [5.74, 6) is 0.837. The molecule has 0 aliphatic carbocycles. The van der Waals surface area contributed by atoms with Crippen molar-refractivity contribution in [2.75, 3.05) is 18.4 Å². The van der Waals surface area contributed by atoms with Crippen LogP contribution in [-0.4, -0.2) is 34.1 Å². The van der Waals surface area contributed by atoms with Crippen LogP contribution in [0.15, 0.2) is 24.7 Å². The SMILES string of the molecule is c1cnc2c(NC3CCCNC3)ncnc2c1. The highest BCUT2D eigenvalue weighted by atomic mass is 15.1. The van der Waals surface area contributed by atoms with Crippen molar-refractivity contribution < 1.29 is 0 Å². The molecule has 3 heterocycles. The Labute approximate surface area is 99.7 Å². The summed E-state index contributed by atoms with van der Waals surface area (Å²) in [6.07, 6.45) is 5.73. The van der Waals surface area contributed by atoms with Crippen molar-refractivity contribution >= 4 is 16.9 Å². The fourth-order valence-electron chi connectivity index (χ4n) is 2.17. The molecule has 3 rings (SSSR count). The quantitative estimate of drug-likeness (QED) is 0.810. The van der Waals surface area contributed by atoms with Crippen molar-refractivity contribution in [3.63, 3.8) is 0 Å². The Morgan fingerprint density at radius 1 is 1.29 bits per heavy atom. The van der Waals surface area contributed by atoms with E-state index in [1.807, 2.05) is 12.1 Å². The Kier molecular flexibility index (Phi) is 2.83. The second-order valence-electron chi connectivity index (χ2n) is 4.28. The van der Waals surface area contributed by atoms with Gasteiger partial charge in [-0.15, -0.1) is 0 Å². The Bertz CT molecular complexity index is 502. The summed E-state index contributed by atoms with van der Waals surface area (Å²) in [7, 11) is 0. The zero-order valence-corrected chi connectivity index (χ0v) is 9.56. The lowest BCUT2D eigenvalue weighted by atomic mass is 10.1. The second-order valence-corrected chi connectivity index (χ2v) is 4.28. The van der Waals surface area contributed by atoms with Crippen molar-refractivity contribution in [1.29, 1.82) is 0 Å².